The highest BCUT2D eigenvalue weighted by molar-refractivity contribution is 7.80. The van der Waals surface area contributed by atoms with Gasteiger partial charge in [-0.1, -0.05) is 30.3 Å². The van der Waals surface area contributed by atoms with E-state index >= 15 is 0 Å². The summed E-state index contributed by atoms with van der Waals surface area (Å²) in [5.74, 6) is -4.20. The molecule has 0 fully saturated rings. The summed E-state index contributed by atoms with van der Waals surface area (Å²) < 4.78 is 0. The Morgan fingerprint density at radius 3 is 2.27 bits per heavy atom. The zero-order valence-corrected chi connectivity index (χ0v) is 12.8. The van der Waals surface area contributed by atoms with Crippen molar-refractivity contribution >= 4 is 30.5 Å². The Hall–Kier alpha value is -2.02. The quantitative estimate of drug-likeness (QED) is 0.514. The number of amides is 1. The number of nitrogens with one attached hydrogen (secondary N) is 1. The van der Waals surface area contributed by atoms with Crippen molar-refractivity contribution in [2.75, 3.05) is 12.3 Å². The third kappa shape index (κ3) is 5.40. The van der Waals surface area contributed by atoms with E-state index in [1.807, 2.05) is 0 Å². The van der Waals surface area contributed by atoms with Gasteiger partial charge in [0.05, 0.1) is 11.8 Å². The number of thiol groups is 1. The van der Waals surface area contributed by atoms with Crippen molar-refractivity contribution in [1.29, 1.82) is 0 Å². The number of benzene rings is 1. The molecule has 3 N–H and O–H groups in total. The largest absolute Gasteiger partial charge is 0.481 e. The number of carboxylic acids is 2. The molecule has 0 saturated carbocycles. The Kier molecular flexibility index (Phi) is 7.45. The van der Waals surface area contributed by atoms with E-state index in [9.17, 15) is 19.5 Å². The van der Waals surface area contributed by atoms with Crippen LogP contribution in [0.5, 0.6) is 0 Å². The maximum atomic E-state index is 12.3. The highest BCUT2D eigenvalue weighted by atomic mass is 32.1. The van der Waals surface area contributed by atoms with E-state index in [4.69, 9.17) is 5.11 Å². The molecular formula is C15H19NO5S. The molecule has 1 aromatic rings. The van der Waals surface area contributed by atoms with Crippen LogP contribution in [0.3, 0.4) is 0 Å². The first-order valence-corrected chi connectivity index (χ1v) is 7.48. The molecule has 0 aliphatic heterocycles. The van der Waals surface area contributed by atoms with Gasteiger partial charge in [-0.25, -0.2) is 0 Å². The monoisotopic (exact) mass is 325 g/mol. The van der Waals surface area contributed by atoms with E-state index in [1.165, 1.54) is 0 Å². The van der Waals surface area contributed by atoms with Crippen molar-refractivity contribution in [1.82, 2.24) is 5.32 Å². The van der Waals surface area contributed by atoms with Crippen LogP contribution < -0.4 is 5.32 Å². The molecule has 0 heterocycles. The molecule has 6 nitrogen and oxygen atoms in total. The molecule has 0 aliphatic carbocycles. The molecular weight excluding hydrogens is 306 g/mol. The van der Waals surface area contributed by atoms with Crippen molar-refractivity contribution in [3.8, 4) is 0 Å². The molecule has 2 atom stereocenters. The van der Waals surface area contributed by atoms with E-state index in [0.29, 0.717) is 24.2 Å². The van der Waals surface area contributed by atoms with Crippen LogP contribution in [0.2, 0.25) is 0 Å². The second kappa shape index (κ2) is 9.09. The van der Waals surface area contributed by atoms with Gasteiger partial charge in [0.25, 0.3) is 0 Å². The van der Waals surface area contributed by atoms with Gasteiger partial charge in [0.15, 0.2) is 0 Å². The fraction of sp³-hybridized carbons (Fsp3) is 0.400. The zero-order chi connectivity index (χ0) is 16.5. The average Bonchev–Trinajstić information content (AvgIpc) is 2.49. The average molecular weight is 325 g/mol. The first-order valence-electron chi connectivity index (χ1n) is 6.85. The number of rotatable bonds is 9. The maximum absolute atomic E-state index is 12.3. The van der Waals surface area contributed by atoms with Gasteiger partial charge in [-0.2, -0.15) is 12.6 Å². The van der Waals surface area contributed by atoms with Gasteiger partial charge in [-0.3, -0.25) is 14.4 Å². The first kappa shape index (κ1) is 18.0. The second-order valence-corrected chi connectivity index (χ2v) is 5.26. The molecule has 22 heavy (non-hydrogen) atoms. The second-order valence-electron chi connectivity index (χ2n) is 4.81. The highest BCUT2D eigenvalue weighted by Crippen LogP contribution is 2.29. The molecule has 1 aromatic carbocycles. The molecule has 2 unspecified atom stereocenters. The SMILES string of the molecule is O=C(O)CNC(=O)C(c1ccccc1)C(CCCS)C(=O)O. The van der Waals surface area contributed by atoms with E-state index in [2.05, 4.69) is 17.9 Å². The number of hydrogen-bond donors (Lipinski definition) is 4. The van der Waals surface area contributed by atoms with Crippen molar-refractivity contribution in [3.05, 3.63) is 35.9 Å². The Balaban J connectivity index is 3.05. The summed E-state index contributed by atoms with van der Waals surface area (Å²) in [7, 11) is 0. The topological polar surface area (TPSA) is 104 Å². The Morgan fingerprint density at radius 2 is 1.77 bits per heavy atom. The van der Waals surface area contributed by atoms with Gasteiger partial charge in [-0.05, 0) is 24.2 Å². The summed E-state index contributed by atoms with van der Waals surface area (Å²) in [6.07, 6.45) is 0.842. The van der Waals surface area contributed by atoms with E-state index in [1.54, 1.807) is 30.3 Å². The van der Waals surface area contributed by atoms with Gasteiger partial charge in [-0.15, -0.1) is 0 Å². The predicted octanol–water partition coefficient (Wildman–Crippen LogP) is 1.38. The van der Waals surface area contributed by atoms with E-state index < -0.39 is 36.2 Å². The summed E-state index contributed by atoms with van der Waals surface area (Å²) in [4.78, 5) is 34.4. The third-order valence-corrected chi connectivity index (χ3v) is 3.56. The molecule has 0 saturated heterocycles. The molecule has 0 bridgehead atoms. The van der Waals surface area contributed by atoms with Crippen LogP contribution >= 0.6 is 12.6 Å². The Labute approximate surface area is 133 Å². The first-order chi connectivity index (χ1) is 10.5. The van der Waals surface area contributed by atoms with Crippen LogP contribution in [0.1, 0.15) is 24.3 Å². The van der Waals surface area contributed by atoms with Gasteiger partial charge >= 0.3 is 11.9 Å². The summed E-state index contributed by atoms with van der Waals surface area (Å²) in [6, 6.07) is 8.52. The van der Waals surface area contributed by atoms with Crippen molar-refractivity contribution in [3.63, 3.8) is 0 Å². The lowest BCUT2D eigenvalue weighted by atomic mass is 9.82. The minimum atomic E-state index is -1.18. The number of aliphatic carboxylic acids is 2. The summed E-state index contributed by atoms with van der Waals surface area (Å²) >= 11 is 4.07. The number of carboxylic acid groups (broad SMARTS) is 2. The molecule has 1 rings (SSSR count). The van der Waals surface area contributed by atoms with Crippen LogP contribution in [0, 0.1) is 5.92 Å². The van der Waals surface area contributed by atoms with Crippen molar-refractivity contribution in [2.45, 2.75) is 18.8 Å². The number of carbonyl (C=O) groups is 3. The summed E-state index contributed by atoms with van der Waals surface area (Å²) in [5.41, 5.74) is 0.553. The smallest absolute Gasteiger partial charge is 0.322 e. The zero-order valence-electron chi connectivity index (χ0n) is 11.9. The lowest BCUT2D eigenvalue weighted by Gasteiger charge is -2.23. The molecule has 0 spiro atoms. The van der Waals surface area contributed by atoms with Crippen LogP contribution in [0.4, 0.5) is 0 Å². The Morgan fingerprint density at radius 1 is 1.14 bits per heavy atom. The fourth-order valence-corrected chi connectivity index (χ4v) is 2.43. The van der Waals surface area contributed by atoms with E-state index in [0.717, 1.165) is 0 Å². The molecule has 0 aromatic heterocycles. The van der Waals surface area contributed by atoms with Crippen molar-refractivity contribution in [2.24, 2.45) is 5.92 Å². The summed E-state index contributed by atoms with van der Waals surface area (Å²) in [5, 5.41) is 20.4. The normalized spacial score (nSPS) is 13.1. The van der Waals surface area contributed by atoms with Crippen LogP contribution in [0.25, 0.3) is 0 Å². The lowest BCUT2D eigenvalue weighted by Crippen LogP contribution is -2.38. The third-order valence-electron chi connectivity index (χ3n) is 3.25. The molecule has 1 amide bonds. The number of hydrogen-bond acceptors (Lipinski definition) is 4. The molecule has 0 aliphatic rings. The standard InChI is InChI=1S/C15H19NO5S/c17-12(18)9-16-14(19)13(10-5-2-1-3-6-10)11(15(20)21)7-4-8-22/h1-3,5-6,11,13,22H,4,7-9H2,(H,16,19)(H,17,18)(H,20,21). The molecule has 7 heteroatoms. The van der Waals surface area contributed by atoms with Crippen molar-refractivity contribution < 1.29 is 24.6 Å². The predicted molar refractivity (Wildman–Crippen MR) is 84.0 cm³/mol. The Bertz CT molecular complexity index is 520. The van der Waals surface area contributed by atoms with Crippen LogP contribution in [-0.4, -0.2) is 40.4 Å². The van der Waals surface area contributed by atoms with Gasteiger partial charge in [0, 0.05) is 0 Å². The summed E-state index contributed by atoms with van der Waals surface area (Å²) in [6.45, 7) is -0.541. The minimum Gasteiger partial charge on any atom is -0.481 e. The van der Waals surface area contributed by atoms with Gasteiger partial charge in [0.2, 0.25) is 5.91 Å². The molecule has 120 valence electrons. The van der Waals surface area contributed by atoms with Gasteiger partial charge < -0.3 is 15.5 Å². The maximum Gasteiger partial charge on any atom is 0.322 e. The van der Waals surface area contributed by atoms with Crippen LogP contribution in [-0.2, 0) is 14.4 Å². The minimum absolute atomic E-state index is 0.291. The fourth-order valence-electron chi connectivity index (χ4n) is 2.24. The number of carbonyl (C=O) groups excluding carboxylic acids is 1. The van der Waals surface area contributed by atoms with E-state index in [-0.39, 0.29) is 0 Å². The van der Waals surface area contributed by atoms with Gasteiger partial charge in [0.1, 0.15) is 6.54 Å². The highest BCUT2D eigenvalue weighted by Gasteiger charge is 2.34. The lowest BCUT2D eigenvalue weighted by molar-refractivity contribution is -0.145. The van der Waals surface area contributed by atoms with Crippen LogP contribution in [0.15, 0.2) is 30.3 Å². The molecule has 0 radical (unpaired) electrons.